The number of ether oxygens (including phenoxy) is 1. The minimum absolute atomic E-state index is 0.268. The van der Waals surface area contributed by atoms with E-state index in [1.807, 2.05) is 19.3 Å². The molecule has 1 fully saturated rings. The van der Waals surface area contributed by atoms with E-state index in [1.165, 1.54) is 23.8 Å². The van der Waals surface area contributed by atoms with E-state index in [9.17, 15) is 0 Å². The van der Waals surface area contributed by atoms with Crippen LogP contribution in [0.4, 0.5) is 0 Å². The van der Waals surface area contributed by atoms with Crippen molar-refractivity contribution in [3.05, 3.63) is 42.1 Å². The van der Waals surface area contributed by atoms with Gasteiger partial charge in [-0.05, 0) is 50.1 Å². The number of hydrogen-bond donors (Lipinski definition) is 1. The molecule has 1 N–H and O–H groups in total. The molecule has 3 heteroatoms. The van der Waals surface area contributed by atoms with Gasteiger partial charge in [0.05, 0.1) is 17.7 Å². The van der Waals surface area contributed by atoms with E-state index in [4.69, 9.17) is 4.74 Å². The molecule has 3 nitrogen and oxygen atoms in total. The maximum atomic E-state index is 5.92. The predicted octanol–water partition coefficient (Wildman–Crippen LogP) is 3.06. The lowest BCUT2D eigenvalue weighted by Crippen LogP contribution is -2.34. The first kappa shape index (κ1) is 12.6. The zero-order valence-electron chi connectivity index (χ0n) is 11.3. The Balaban J connectivity index is 1.91. The first-order valence-electron chi connectivity index (χ1n) is 7.02. The molecule has 19 heavy (non-hydrogen) atoms. The maximum absolute atomic E-state index is 5.92. The van der Waals surface area contributed by atoms with Crippen molar-refractivity contribution in [2.75, 3.05) is 13.7 Å². The van der Waals surface area contributed by atoms with Crippen LogP contribution in [0.2, 0.25) is 0 Å². The number of hydrogen-bond acceptors (Lipinski definition) is 3. The topological polar surface area (TPSA) is 34.2 Å². The Bertz CT molecular complexity index is 549. The standard InChI is InChI=1S/C16H20N2O/c1-17-16(15-6-2-3-10-19-15)13-7-8-14-12(11-13)5-4-9-18-14/h4-5,7-9,11,15-17H,2-3,6,10H2,1H3. The van der Waals surface area contributed by atoms with Gasteiger partial charge in [-0.3, -0.25) is 4.98 Å². The summed E-state index contributed by atoms with van der Waals surface area (Å²) in [5, 5.41) is 4.60. The van der Waals surface area contributed by atoms with Crippen molar-refractivity contribution in [1.29, 1.82) is 0 Å². The lowest BCUT2D eigenvalue weighted by molar-refractivity contribution is -0.00659. The van der Waals surface area contributed by atoms with E-state index in [1.54, 1.807) is 0 Å². The van der Waals surface area contributed by atoms with Gasteiger partial charge in [0.25, 0.3) is 0 Å². The Morgan fingerprint density at radius 3 is 3.05 bits per heavy atom. The number of pyridine rings is 1. The quantitative estimate of drug-likeness (QED) is 0.916. The number of likely N-dealkylation sites (N-methyl/N-ethyl adjacent to an activating group) is 1. The Hall–Kier alpha value is -1.45. The molecule has 100 valence electrons. The fraction of sp³-hybridized carbons (Fsp3) is 0.438. The zero-order chi connectivity index (χ0) is 13.1. The smallest absolute Gasteiger partial charge is 0.0769 e. The molecule has 2 unspecified atom stereocenters. The highest BCUT2D eigenvalue weighted by atomic mass is 16.5. The maximum Gasteiger partial charge on any atom is 0.0769 e. The van der Waals surface area contributed by atoms with Gasteiger partial charge in [-0.2, -0.15) is 0 Å². The van der Waals surface area contributed by atoms with Crippen molar-refractivity contribution in [3.8, 4) is 0 Å². The predicted molar refractivity (Wildman–Crippen MR) is 77.1 cm³/mol. The molecule has 0 saturated carbocycles. The van der Waals surface area contributed by atoms with Gasteiger partial charge in [-0.25, -0.2) is 0 Å². The average Bonchev–Trinajstić information content (AvgIpc) is 2.49. The Morgan fingerprint density at radius 2 is 2.26 bits per heavy atom. The number of benzene rings is 1. The Labute approximate surface area is 114 Å². The van der Waals surface area contributed by atoms with Crippen LogP contribution in [0, 0.1) is 0 Å². The number of fused-ring (bicyclic) bond motifs is 1. The molecule has 2 atom stereocenters. The Morgan fingerprint density at radius 1 is 1.32 bits per heavy atom. The van der Waals surface area contributed by atoms with Gasteiger partial charge in [0.15, 0.2) is 0 Å². The van der Waals surface area contributed by atoms with Crippen molar-refractivity contribution >= 4 is 10.9 Å². The number of nitrogens with one attached hydrogen (secondary N) is 1. The zero-order valence-corrected chi connectivity index (χ0v) is 11.3. The van der Waals surface area contributed by atoms with Crippen LogP contribution in [0.1, 0.15) is 30.9 Å². The SMILES string of the molecule is CNC(c1ccc2ncccc2c1)C1CCCCO1. The molecule has 0 aliphatic carbocycles. The summed E-state index contributed by atoms with van der Waals surface area (Å²) in [5.41, 5.74) is 2.33. The van der Waals surface area contributed by atoms with Gasteiger partial charge in [0.2, 0.25) is 0 Å². The molecule has 0 radical (unpaired) electrons. The third kappa shape index (κ3) is 2.62. The first-order valence-corrected chi connectivity index (χ1v) is 7.02. The summed E-state index contributed by atoms with van der Waals surface area (Å²) in [6, 6.07) is 10.8. The molecule has 0 spiro atoms. The minimum atomic E-state index is 0.268. The van der Waals surface area contributed by atoms with E-state index >= 15 is 0 Å². The van der Waals surface area contributed by atoms with Crippen molar-refractivity contribution in [3.63, 3.8) is 0 Å². The highest BCUT2D eigenvalue weighted by Gasteiger charge is 2.24. The molecule has 1 aliphatic rings. The summed E-state index contributed by atoms with van der Waals surface area (Å²) in [4.78, 5) is 4.37. The molecule has 0 amide bonds. The normalized spacial score (nSPS) is 21.4. The fourth-order valence-electron chi connectivity index (χ4n) is 2.88. The fourth-order valence-corrected chi connectivity index (χ4v) is 2.88. The molecule has 1 aliphatic heterocycles. The van der Waals surface area contributed by atoms with Crippen LogP contribution in [0.15, 0.2) is 36.5 Å². The molecular formula is C16H20N2O. The molecule has 1 aromatic carbocycles. The first-order chi connectivity index (χ1) is 9.38. The van der Waals surface area contributed by atoms with E-state index in [-0.39, 0.29) is 12.1 Å². The highest BCUT2D eigenvalue weighted by Crippen LogP contribution is 2.27. The van der Waals surface area contributed by atoms with Crippen LogP contribution in [0.25, 0.3) is 10.9 Å². The van der Waals surface area contributed by atoms with Crippen molar-refractivity contribution in [1.82, 2.24) is 10.3 Å². The minimum Gasteiger partial charge on any atom is -0.376 e. The second-order valence-electron chi connectivity index (χ2n) is 5.13. The van der Waals surface area contributed by atoms with Crippen LogP contribution in [-0.2, 0) is 4.74 Å². The molecule has 2 heterocycles. The largest absolute Gasteiger partial charge is 0.376 e. The third-order valence-electron chi connectivity index (χ3n) is 3.88. The molecule has 0 bridgehead atoms. The van der Waals surface area contributed by atoms with Crippen LogP contribution in [0.3, 0.4) is 0 Å². The highest BCUT2D eigenvalue weighted by molar-refractivity contribution is 5.79. The van der Waals surface area contributed by atoms with Crippen molar-refractivity contribution < 1.29 is 4.74 Å². The average molecular weight is 256 g/mol. The van der Waals surface area contributed by atoms with Gasteiger partial charge in [0.1, 0.15) is 0 Å². The summed E-state index contributed by atoms with van der Waals surface area (Å²) in [6.45, 7) is 0.887. The van der Waals surface area contributed by atoms with E-state index in [0.717, 1.165) is 18.5 Å². The lowest BCUT2D eigenvalue weighted by Gasteiger charge is -2.30. The lowest BCUT2D eigenvalue weighted by atomic mass is 9.95. The molecule has 3 rings (SSSR count). The molecule has 1 saturated heterocycles. The summed E-state index contributed by atoms with van der Waals surface area (Å²) in [7, 11) is 2.01. The number of nitrogens with zero attached hydrogens (tertiary/aromatic N) is 1. The second-order valence-corrected chi connectivity index (χ2v) is 5.13. The third-order valence-corrected chi connectivity index (χ3v) is 3.88. The van der Waals surface area contributed by atoms with Crippen LogP contribution >= 0.6 is 0 Å². The van der Waals surface area contributed by atoms with Gasteiger partial charge in [-0.15, -0.1) is 0 Å². The summed E-state index contributed by atoms with van der Waals surface area (Å²) < 4.78 is 5.92. The summed E-state index contributed by atoms with van der Waals surface area (Å²) in [6.07, 6.45) is 5.71. The number of rotatable bonds is 3. The van der Waals surface area contributed by atoms with E-state index in [2.05, 4.69) is 34.6 Å². The molecule has 2 aromatic rings. The van der Waals surface area contributed by atoms with Gasteiger partial charge >= 0.3 is 0 Å². The van der Waals surface area contributed by atoms with Crippen LogP contribution in [0.5, 0.6) is 0 Å². The summed E-state index contributed by atoms with van der Waals surface area (Å²) >= 11 is 0. The van der Waals surface area contributed by atoms with E-state index < -0.39 is 0 Å². The Kier molecular flexibility index (Phi) is 3.76. The van der Waals surface area contributed by atoms with Crippen LogP contribution in [-0.4, -0.2) is 24.7 Å². The van der Waals surface area contributed by atoms with Crippen LogP contribution < -0.4 is 5.32 Å². The second kappa shape index (κ2) is 5.68. The molecular weight excluding hydrogens is 236 g/mol. The summed E-state index contributed by atoms with van der Waals surface area (Å²) in [5.74, 6) is 0. The van der Waals surface area contributed by atoms with Gasteiger partial charge in [-0.1, -0.05) is 12.1 Å². The van der Waals surface area contributed by atoms with Gasteiger partial charge in [0, 0.05) is 18.2 Å². The number of aromatic nitrogens is 1. The van der Waals surface area contributed by atoms with Crippen molar-refractivity contribution in [2.24, 2.45) is 0 Å². The molecule has 1 aromatic heterocycles. The monoisotopic (exact) mass is 256 g/mol. The van der Waals surface area contributed by atoms with E-state index in [0.29, 0.717) is 0 Å². The van der Waals surface area contributed by atoms with Crippen molar-refractivity contribution in [2.45, 2.75) is 31.4 Å². The van der Waals surface area contributed by atoms with Gasteiger partial charge < -0.3 is 10.1 Å².